The van der Waals surface area contributed by atoms with Crippen molar-refractivity contribution in [3.8, 4) is 0 Å². The lowest BCUT2D eigenvalue weighted by Gasteiger charge is -2.38. The van der Waals surface area contributed by atoms with Crippen LogP contribution < -0.4 is 5.32 Å². The van der Waals surface area contributed by atoms with Gasteiger partial charge in [0.1, 0.15) is 11.9 Å². The van der Waals surface area contributed by atoms with Gasteiger partial charge in [-0.15, -0.1) is 24.0 Å². The molecule has 0 spiro atoms. The van der Waals surface area contributed by atoms with Crippen LogP contribution in [-0.4, -0.2) is 43.6 Å². The predicted octanol–water partition coefficient (Wildman–Crippen LogP) is 3.97. The molecule has 1 aliphatic rings. The summed E-state index contributed by atoms with van der Waals surface area (Å²) in [6.45, 7) is 6.74. The van der Waals surface area contributed by atoms with Gasteiger partial charge in [-0.2, -0.15) is 0 Å². The molecule has 0 aromatic heterocycles. The van der Waals surface area contributed by atoms with E-state index in [1.807, 2.05) is 7.05 Å². The Morgan fingerprint density at radius 1 is 1.29 bits per heavy atom. The van der Waals surface area contributed by atoms with Gasteiger partial charge in [-0.3, -0.25) is 4.99 Å². The van der Waals surface area contributed by atoms with Crippen molar-refractivity contribution in [3.63, 3.8) is 0 Å². The fourth-order valence-electron chi connectivity index (χ4n) is 2.89. The molecule has 2 atom stereocenters. The standard InChI is InChI=1S/C18H28FN3O.HI/c1-4-5-6-11-21-18(20-3)22-12-14(2)23-17(13-22)15-7-9-16(19)10-8-15;/h7-10,14,17H,4-6,11-13H2,1-3H3,(H,20,21);1H. The van der Waals surface area contributed by atoms with E-state index in [1.54, 1.807) is 12.1 Å². The van der Waals surface area contributed by atoms with Crippen LogP contribution in [-0.2, 0) is 4.74 Å². The number of halogens is 2. The zero-order valence-corrected chi connectivity index (χ0v) is 17.1. The lowest BCUT2D eigenvalue weighted by Crippen LogP contribution is -2.50. The summed E-state index contributed by atoms with van der Waals surface area (Å²) >= 11 is 0. The minimum Gasteiger partial charge on any atom is -0.367 e. The smallest absolute Gasteiger partial charge is 0.193 e. The van der Waals surface area contributed by atoms with Crippen molar-refractivity contribution in [1.29, 1.82) is 0 Å². The third kappa shape index (κ3) is 6.20. The Kier molecular flexibility index (Phi) is 9.58. The molecule has 0 saturated carbocycles. The topological polar surface area (TPSA) is 36.9 Å². The Morgan fingerprint density at radius 3 is 2.62 bits per heavy atom. The Labute approximate surface area is 161 Å². The molecule has 24 heavy (non-hydrogen) atoms. The Morgan fingerprint density at radius 2 is 2.00 bits per heavy atom. The molecular formula is C18H29FIN3O. The summed E-state index contributed by atoms with van der Waals surface area (Å²) in [7, 11) is 1.81. The molecule has 4 nitrogen and oxygen atoms in total. The molecular weight excluding hydrogens is 420 g/mol. The minimum atomic E-state index is -0.220. The maximum absolute atomic E-state index is 13.1. The van der Waals surface area contributed by atoms with Crippen LogP contribution in [0.15, 0.2) is 29.3 Å². The van der Waals surface area contributed by atoms with E-state index < -0.39 is 0 Å². The number of aliphatic imine (C=N–C) groups is 1. The molecule has 6 heteroatoms. The third-order valence-corrected chi connectivity index (χ3v) is 4.08. The summed E-state index contributed by atoms with van der Waals surface area (Å²) < 4.78 is 19.1. The molecule has 1 saturated heterocycles. The van der Waals surface area contributed by atoms with Crippen molar-refractivity contribution < 1.29 is 9.13 Å². The Balaban J connectivity index is 0.00000288. The summed E-state index contributed by atoms with van der Waals surface area (Å²) in [4.78, 5) is 6.63. The highest BCUT2D eigenvalue weighted by molar-refractivity contribution is 14.0. The predicted molar refractivity (Wildman–Crippen MR) is 108 cm³/mol. The van der Waals surface area contributed by atoms with Crippen LogP contribution in [0.25, 0.3) is 0 Å². The summed E-state index contributed by atoms with van der Waals surface area (Å²) in [5, 5.41) is 3.44. The minimum absolute atomic E-state index is 0. The van der Waals surface area contributed by atoms with E-state index in [0.29, 0.717) is 0 Å². The van der Waals surface area contributed by atoms with Crippen LogP contribution in [0.2, 0.25) is 0 Å². The van der Waals surface area contributed by atoms with Crippen LogP contribution in [0.4, 0.5) is 4.39 Å². The van der Waals surface area contributed by atoms with E-state index in [-0.39, 0.29) is 42.0 Å². The van der Waals surface area contributed by atoms with Gasteiger partial charge in [-0.25, -0.2) is 4.39 Å². The van der Waals surface area contributed by atoms with Gasteiger partial charge >= 0.3 is 0 Å². The van der Waals surface area contributed by atoms with Gasteiger partial charge in [0.25, 0.3) is 0 Å². The monoisotopic (exact) mass is 449 g/mol. The number of hydrogen-bond acceptors (Lipinski definition) is 2. The van der Waals surface area contributed by atoms with E-state index >= 15 is 0 Å². The number of guanidine groups is 1. The van der Waals surface area contributed by atoms with E-state index in [0.717, 1.165) is 37.6 Å². The number of unbranched alkanes of at least 4 members (excludes halogenated alkanes) is 2. The molecule has 0 amide bonds. The van der Waals surface area contributed by atoms with Crippen molar-refractivity contribution >= 4 is 29.9 Å². The molecule has 1 fully saturated rings. The number of benzene rings is 1. The van der Waals surface area contributed by atoms with Crippen molar-refractivity contribution in [1.82, 2.24) is 10.2 Å². The maximum atomic E-state index is 13.1. The second-order valence-corrected chi connectivity index (χ2v) is 6.07. The number of morpholine rings is 1. The van der Waals surface area contributed by atoms with Crippen molar-refractivity contribution in [2.24, 2.45) is 4.99 Å². The Hall–Kier alpha value is -0.890. The SMILES string of the molecule is CCCCCNC(=NC)N1CC(C)OC(c2ccc(F)cc2)C1.I. The summed E-state index contributed by atoms with van der Waals surface area (Å²) in [6, 6.07) is 6.57. The van der Waals surface area contributed by atoms with Gasteiger partial charge in [0.15, 0.2) is 5.96 Å². The first-order valence-corrected chi connectivity index (χ1v) is 8.50. The van der Waals surface area contributed by atoms with Crippen LogP contribution in [0, 0.1) is 5.82 Å². The number of rotatable bonds is 5. The van der Waals surface area contributed by atoms with Crippen molar-refractivity contribution in [2.45, 2.75) is 45.3 Å². The quantitative estimate of drug-likeness (QED) is 0.320. The molecule has 0 radical (unpaired) electrons. The van der Waals surface area contributed by atoms with Gasteiger partial charge in [0.2, 0.25) is 0 Å². The van der Waals surface area contributed by atoms with Gasteiger partial charge in [0, 0.05) is 20.1 Å². The molecule has 1 heterocycles. The summed E-state index contributed by atoms with van der Waals surface area (Å²) in [5.41, 5.74) is 1.00. The molecule has 0 aliphatic carbocycles. The van der Waals surface area contributed by atoms with Gasteiger partial charge in [-0.05, 0) is 31.0 Å². The number of nitrogens with zero attached hydrogens (tertiary/aromatic N) is 2. The van der Waals surface area contributed by atoms with E-state index in [9.17, 15) is 4.39 Å². The van der Waals surface area contributed by atoms with Crippen LogP contribution in [0.3, 0.4) is 0 Å². The van der Waals surface area contributed by atoms with Crippen molar-refractivity contribution in [2.75, 3.05) is 26.7 Å². The average Bonchev–Trinajstić information content (AvgIpc) is 2.55. The first-order chi connectivity index (χ1) is 11.1. The third-order valence-electron chi connectivity index (χ3n) is 4.08. The van der Waals surface area contributed by atoms with E-state index in [2.05, 4.69) is 29.1 Å². The zero-order chi connectivity index (χ0) is 16.7. The zero-order valence-electron chi connectivity index (χ0n) is 14.8. The highest BCUT2D eigenvalue weighted by atomic mass is 127. The first-order valence-electron chi connectivity index (χ1n) is 8.50. The molecule has 1 N–H and O–H groups in total. The Bertz CT molecular complexity index is 509. The van der Waals surface area contributed by atoms with Crippen LogP contribution in [0.1, 0.15) is 44.8 Å². The normalized spacial score (nSPS) is 21.3. The lowest BCUT2D eigenvalue weighted by atomic mass is 10.1. The summed E-state index contributed by atoms with van der Waals surface area (Å²) in [5.74, 6) is 0.700. The van der Waals surface area contributed by atoms with Gasteiger partial charge in [0.05, 0.1) is 12.6 Å². The maximum Gasteiger partial charge on any atom is 0.193 e. The molecule has 0 bridgehead atoms. The number of hydrogen-bond donors (Lipinski definition) is 1. The fraction of sp³-hybridized carbons (Fsp3) is 0.611. The highest BCUT2D eigenvalue weighted by Crippen LogP contribution is 2.25. The molecule has 1 aromatic carbocycles. The van der Waals surface area contributed by atoms with Gasteiger partial charge < -0.3 is 15.0 Å². The average molecular weight is 449 g/mol. The van der Waals surface area contributed by atoms with Gasteiger partial charge in [-0.1, -0.05) is 31.9 Å². The molecule has 2 unspecified atom stereocenters. The largest absolute Gasteiger partial charge is 0.367 e. The highest BCUT2D eigenvalue weighted by Gasteiger charge is 2.28. The van der Waals surface area contributed by atoms with E-state index in [1.165, 1.54) is 25.0 Å². The van der Waals surface area contributed by atoms with Crippen LogP contribution >= 0.6 is 24.0 Å². The first kappa shape index (κ1) is 21.2. The van der Waals surface area contributed by atoms with E-state index in [4.69, 9.17) is 4.74 Å². The summed E-state index contributed by atoms with van der Waals surface area (Å²) in [6.07, 6.45) is 3.63. The second-order valence-electron chi connectivity index (χ2n) is 6.07. The molecule has 1 aliphatic heterocycles. The number of nitrogens with one attached hydrogen (secondary N) is 1. The number of ether oxygens (including phenoxy) is 1. The lowest BCUT2D eigenvalue weighted by molar-refractivity contribution is -0.0605. The fourth-order valence-corrected chi connectivity index (χ4v) is 2.89. The molecule has 136 valence electrons. The van der Waals surface area contributed by atoms with Crippen molar-refractivity contribution in [3.05, 3.63) is 35.6 Å². The molecule has 2 rings (SSSR count). The second kappa shape index (κ2) is 10.9. The van der Waals surface area contributed by atoms with Crippen LogP contribution in [0.5, 0.6) is 0 Å². The molecule has 1 aromatic rings.